The number of nitriles is 1. The van der Waals surface area contributed by atoms with E-state index in [1.807, 2.05) is 12.1 Å². The number of rotatable bonds is 2. The second-order valence-electron chi connectivity index (χ2n) is 2.63. The average Bonchev–Trinajstić information content (AvgIpc) is 2.09. The molecule has 0 heterocycles. The van der Waals surface area contributed by atoms with Crippen LogP contribution in [0.4, 0.5) is 0 Å². The molecule has 5 heteroatoms. The third kappa shape index (κ3) is 3.47. The Bertz CT molecular complexity index is 349. The van der Waals surface area contributed by atoms with Crippen LogP contribution in [-0.4, -0.2) is 0 Å². The largest absolute Gasteiger partial charge is 0.323 e. The first-order chi connectivity index (χ1) is 6.15. The van der Waals surface area contributed by atoms with Gasteiger partial charge in [0.1, 0.15) is 0 Å². The van der Waals surface area contributed by atoms with Gasteiger partial charge in [-0.25, -0.2) is 0 Å². The number of nitrogens with zero attached hydrogens (tertiary/aromatic N) is 1. The molecule has 0 spiro atoms. The predicted molar refractivity (Wildman–Crippen MR) is 63.6 cm³/mol. The summed E-state index contributed by atoms with van der Waals surface area (Å²) in [6, 6.07) is 7.12. The summed E-state index contributed by atoms with van der Waals surface area (Å²) in [4.78, 5) is 0. The van der Waals surface area contributed by atoms with E-state index in [9.17, 15) is 0 Å². The van der Waals surface area contributed by atoms with Gasteiger partial charge in [-0.2, -0.15) is 5.26 Å². The number of hydrogen-bond acceptors (Lipinski definition) is 2. The minimum absolute atomic E-state index is 0. The van der Waals surface area contributed by atoms with Crippen molar-refractivity contribution in [3.05, 3.63) is 33.3 Å². The van der Waals surface area contributed by atoms with E-state index in [1.54, 1.807) is 12.1 Å². The minimum atomic E-state index is -0.280. The fourth-order valence-corrected chi connectivity index (χ4v) is 1.73. The van der Waals surface area contributed by atoms with Gasteiger partial charge in [0.25, 0.3) is 0 Å². The molecule has 1 rings (SSSR count). The maximum Gasteiger partial charge on any atom is 0.0641 e. The smallest absolute Gasteiger partial charge is 0.0641 e. The fourth-order valence-electron chi connectivity index (χ4n) is 1.01. The van der Waals surface area contributed by atoms with Crippen LogP contribution >= 0.6 is 39.9 Å². The van der Waals surface area contributed by atoms with Crippen LogP contribution in [0.1, 0.15) is 18.0 Å². The molecule has 0 saturated heterocycles. The fraction of sp³-hybridized carbons (Fsp3) is 0.222. The van der Waals surface area contributed by atoms with Crippen molar-refractivity contribution in [3.8, 4) is 6.07 Å². The Kier molecular flexibility index (Phi) is 6.14. The van der Waals surface area contributed by atoms with Crippen LogP contribution in [0.2, 0.25) is 5.02 Å². The summed E-state index contributed by atoms with van der Waals surface area (Å²) < 4.78 is 0.889. The second-order valence-corrected chi connectivity index (χ2v) is 3.93. The molecule has 76 valence electrons. The second kappa shape index (κ2) is 6.26. The molecule has 0 aliphatic carbocycles. The summed E-state index contributed by atoms with van der Waals surface area (Å²) in [6.07, 6.45) is 0.291. The molecule has 0 unspecified atom stereocenters. The van der Waals surface area contributed by atoms with Crippen molar-refractivity contribution < 1.29 is 0 Å². The lowest BCUT2D eigenvalue weighted by Gasteiger charge is -2.10. The summed E-state index contributed by atoms with van der Waals surface area (Å²) in [5, 5.41) is 9.11. The molecule has 0 aliphatic heterocycles. The Morgan fingerprint density at radius 2 is 2.21 bits per heavy atom. The normalized spacial score (nSPS) is 11.3. The summed E-state index contributed by atoms with van der Waals surface area (Å²) in [5.74, 6) is 0. The summed E-state index contributed by atoms with van der Waals surface area (Å²) in [6.45, 7) is 0. The maximum absolute atomic E-state index is 8.48. The zero-order valence-corrected chi connectivity index (χ0v) is 10.4. The molecule has 0 saturated carbocycles. The summed E-state index contributed by atoms with van der Waals surface area (Å²) in [7, 11) is 0. The van der Waals surface area contributed by atoms with Crippen molar-refractivity contribution >= 4 is 39.9 Å². The zero-order chi connectivity index (χ0) is 9.84. The van der Waals surface area contributed by atoms with Crippen LogP contribution in [0.5, 0.6) is 0 Å². The van der Waals surface area contributed by atoms with Crippen molar-refractivity contribution in [3.63, 3.8) is 0 Å². The van der Waals surface area contributed by atoms with Crippen molar-refractivity contribution in [2.75, 3.05) is 0 Å². The lowest BCUT2D eigenvalue weighted by molar-refractivity contribution is 0.745. The van der Waals surface area contributed by atoms with Gasteiger partial charge in [0.2, 0.25) is 0 Å². The van der Waals surface area contributed by atoms with E-state index in [4.69, 9.17) is 22.6 Å². The molecule has 0 amide bonds. The predicted octanol–water partition coefficient (Wildman–Crippen LogP) is 3.44. The van der Waals surface area contributed by atoms with E-state index in [-0.39, 0.29) is 18.4 Å². The highest BCUT2D eigenvalue weighted by Crippen LogP contribution is 2.26. The van der Waals surface area contributed by atoms with Gasteiger partial charge in [0.15, 0.2) is 0 Å². The molecule has 2 nitrogen and oxygen atoms in total. The molecule has 1 aromatic carbocycles. The molecule has 0 radical (unpaired) electrons. The van der Waals surface area contributed by atoms with Gasteiger partial charge in [-0.3, -0.25) is 0 Å². The number of nitrogens with two attached hydrogens (primary N) is 1. The van der Waals surface area contributed by atoms with E-state index in [0.29, 0.717) is 11.4 Å². The highest BCUT2D eigenvalue weighted by Gasteiger charge is 2.09. The van der Waals surface area contributed by atoms with Crippen LogP contribution in [-0.2, 0) is 0 Å². The first-order valence-corrected chi connectivity index (χ1v) is 4.89. The van der Waals surface area contributed by atoms with Crippen molar-refractivity contribution in [1.29, 1.82) is 5.26 Å². The zero-order valence-electron chi connectivity index (χ0n) is 7.21. The maximum atomic E-state index is 8.48. The molecule has 14 heavy (non-hydrogen) atoms. The van der Waals surface area contributed by atoms with E-state index in [0.717, 1.165) is 10.0 Å². The Labute approximate surface area is 103 Å². The Morgan fingerprint density at radius 3 is 2.79 bits per heavy atom. The molecule has 0 aliphatic rings. The molecule has 2 N–H and O–H groups in total. The molecule has 0 fully saturated rings. The van der Waals surface area contributed by atoms with Crippen molar-refractivity contribution in [2.24, 2.45) is 5.73 Å². The molecular formula is C9H9BrCl2N2. The van der Waals surface area contributed by atoms with E-state index < -0.39 is 0 Å². The quantitative estimate of drug-likeness (QED) is 0.908. The molecular weight excluding hydrogens is 287 g/mol. The van der Waals surface area contributed by atoms with Crippen LogP contribution < -0.4 is 5.73 Å². The van der Waals surface area contributed by atoms with Gasteiger partial charge in [-0.05, 0) is 23.8 Å². The van der Waals surface area contributed by atoms with Gasteiger partial charge in [0, 0.05) is 15.5 Å². The third-order valence-corrected chi connectivity index (χ3v) is 2.63. The first-order valence-electron chi connectivity index (χ1n) is 3.72. The van der Waals surface area contributed by atoms with Crippen LogP contribution in [0.25, 0.3) is 0 Å². The highest BCUT2D eigenvalue weighted by atomic mass is 79.9. The SMILES string of the molecule is Cl.N#CC[C@H](N)c1cc(Cl)ccc1Br. The lowest BCUT2D eigenvalue weighted by Crippen LogP contribution is -2.09. The van der Waals surface area contributed by atoms with Gasteiger partial charge in [-0.15, -0.1) is 12.4 Å². The Balaban J connectivity index is 0.00000169. The van der Waals surface area contributed by atoms with Crippen LogP contribution in [0.15, 0.2) is 22.7 Å². The molecule has 0 bridgehead atoms. The Hall–Kier alpha value is -0.270. The highest BCUT2D eigenvalue weighted by molar-refractivity contribution is 9.10. The third-order valence-electron chi connectivity index (χ3n) is 1.67. The number of halogens is 3. The summed E-state index contributed by atoms with van der Waals surface area (Å²) in [5.41, 5.74) is 6.63. The van der Waals surface area contributed by atoms with Crippen LogP contribution in [0, 0.1) is 11.3 Å². The first kappa shape index (κ1) is 13.7. The monoisotopic (exact) mass is 294 g/mol. The van der Waals surface area contributed by atoms with Crippen LogP contribution in [0.3, 0.4) is 0 Å². The Morgan fingerprint density at radius 1 is 1.57 bits per heavy atom. The van der Waals surface area contributed by atoms with E-state index in [1.165, 1.54) is 0 Å². The lowest BCUT2D eigenvalue weighted by atomic mass is 10.1. The number of hydrogen-bond donors (Lipinski definition) is 1. The topological polar surface area (TPSA) is 49.8 Å². The number of benzene rings is 1. The van der Waals surface area contributed by atoms with Crippen molar-refractivity contribution in [1.82, 2.24) is 0 Å². The average molecular weight is 296 g/mol. The van der Waals surface area contributed by atoms with E-state index in [2.05, 4.69) is 15.9 Å². The van der Waals surface area contributed by atoms with Gasteiger partial charge in [-0.1, -0.05) is 27.5 Å². The standard InChI is InChI=1S/C9H8BrClN2.ClH/c10-8-2-1-6(11)5-7(8)9(13)3-4-12;/h1-2,5,9H,3,13H2;1H/t9-;/m0./s1. The minimum Gasteiger partial charge on any atom is -0.323 e. The van der Waals surface area contributed by atoms with Crippen molar-refractivity contribution in [2.45, 2.75) is 12.5 Å². The molecule has 1 aromatic rings. The van der Waals surface area contributed by atoms with Gasteiger partial charge < -0.3 is 5.73 Å². The van der Waals surface area contributed by atoms with E-state index >= 15 is 0 Å². The van der Waals surface area contributed by atoms with Gasteiger partial charge in [0.05, 0.1) is 12.5 Å². The molecule has 0 aromatic heterocycles. The van der Waals surface area contributed by atoms with Gasteiger partial charge >= 0.3 is 0 Å². The molecule has 1 atom stereocenters. The summed E-state index contributed by atoms with van der Waals surface area (Å²) >= 11 is 9.15.